The predicted molar refractivity (Wildman–Crippen MR) is 183 cm³/mol. The van der Waals surface area contributed by atoms with Crippen molar-refractivity contribution in [3.05, 3.63) is 0 Å². The minimum atomic E-state index is -0.167. The van der Waals surface area contributed by atoms with E-state index in [4.69, 9.17) is 10.8 Å². The summed E-state index contributed by atoms with van der Waals surface area (Å²) in [4.78, 5) is 0. The summed E-state index contributed by atoms with van der Waals surface area (Å²) in [5.41, 5.74) is 4.85. The average Bonchev–Trinajstić information content (AvgIpc) is 2.85. The maximum absolute atomic E-state index is 8.06. The Labute approximate surface area is 246 Å². The molecule has 0 fully saturated rings. The lowest BCUT2D eigenvalue weighted by molar-refractivity contribution is 0.216. The van der Waals surface area contributed by atoms with Gasteiger partial charge in [-0.15, -0.1) is 0 Å². The van der Waals surface area contributed by atoms with Gasteiger partial charge in [0.1, 0.15) is 0 Å². The van der Waals surface area contributed by atoms with E-state index in [9.17, 15) is 0 Å². The van der Waals surface area contributed by atoms with Gasteiger partial charge in [0.05, 0.1) is 0 Å². The maximum atomic E-state index is 8.06. The predicted octanol–water partition coefficient (Wildman–Crippen LogP) is 11.7. The first-order valence-corrected chi connectivity index (χ1v) is 17.2. The van der Waals surface area contributed by atoms with Crippen LogP contribution in [0, 0.1) is 5.92 Å². The van der Waals surface area contributed by atoms with Crippen LogP contribution in [0.4, 0.5) is 0 Å². The Kier molecular flexibility index (Phi) is 81.5. The maximum Gasteiger partial charge on any atom is 0.0483 e. The summed E-state index contributed by atoms with van der Waals surface area (Å²) < 4.78 is 0. The molecule has 0 aromatic rings. The van der Waals surface area contributed by atoms with Gasteiger partial charge in [0.2, 0.25) is 0 Å². The summed E-state index contributed by atoms with van der Waals surface area (Å²) in [7, 11) is 0. The molecule has 240 valence electrons. The van der Waals surface area contributed by atoms with Gasteiger partial charge in [-0.1, -0.05) is 178 Å². The van der Waals surface area contributed by atoms with E-state index >= 15 is 0 Å². The molecule has 0 aromatic carbocycles. The molecule has 0 atom stereocenters. The van der Waals surface area contributed by atoms with Crippen LogP contribution in [0.3, 0.4) is 0 Å². The summed E-state index contributed by atoms with van der Waals surface area (Å²) >= 11 is 0. The highest BCUT2D eigenvalue weighted by molar-refractivity contribution is 4.48. The third kappa shape index (κ3) is 122. The normalized spacial score (nSPS) is 9.47. The van der Waals surface area contributed by atoms with Crippen molar-refractivity contribution >= 4 is 0 Å². The number of aliphatic hydroxyl groups excluding tert-OH is 1. The van der Waals surface area contributed by atoms with E-state index in [1.807, 2.05) is 6.92 Å². The molecule has 4 N–H and O–H groups in total. The van der Waals surface area contributed by atoms with Gasteiger partial charge in [-0.05, 0) is 45.8 Å². The van der Waals surface area contributed by atoms with Crippen molar-refractivity contribution < 1.29 is 5.11 Å². The molecular formula is C35H84N2O. The molecule has 0 aliphatic carbocycles. The Hall–Kier alpha value is -0.120. The lowest BCUT2D eigenvalue weighted by Crippen LogP contribution is -2.19. The average molecular weight is 549 g/mol. The number of nitrogens with two attached hydrogens (primary N) is 1. The largest absolute Gasteiger partial charge is 0.394 e. The Balaban J connectivity index is -0.0000000874. The molecule has 0 heterocycles. The summed E-state index contributed by atoms with van der Waals surface area (Å²) in [5.74, 6) is 0.793. The van der Waals surface area contributed by atoms with Gasteiger partial charge < -0.3 is 16.2 Å². The fraction of sp³-hybridized carbons (Fsp3) is 1.00. The first-order chi connectivity index (χ1) is 18.2. The second-order valence-corrected chi connectivity index (χ2v) is 11.0. The van der Waals surface area contributed by atoms with E-state index < -0.39 is 0 Å². The molecule has 0 bridgehead atoms. The van der Waals surface area contributed by atoms with Crippen molar-refractivity contribution in [3.63, 3.8) is 0 Å². The van der Waals surface area contributed by atoms with Crippen molar-refractivity contribution in [2.24, 2.45) is 11.7 Å². The molecule has 0 aliphatic rings. The standard InChI is InChI=1S/C12H26.C8H18.C7H17N.C3H8O.C3H8.C2H7N/c1-3-5-7-9-11-12-10-8-6-4-2;1-3-5-7-8-6-4-2;1-4-5-8-6-7(2)3;1-3(2)4;1-3-2;1-2-3/h3-12H2,1-2H3;3-8H2,1-2H3;7-8H,4-6H2,1-3H3;3-4H,1-2H3;3H2,1-2H3;2-3H2,1H3. The van der Waals surface area contributed by atoms with Crippen LogP contribution in [0.25, 0.3) is 0 Å². The van der Waals surface area contributed by atoms with E-state index in [2.05, 4.69) is 67.6 Å². The molecule has 0 spiro atoms. The molecule has 0 aromatic heterocycles. The molecular weight excluding hydrogens is 464 g/mol. The lowest BCUT2D eigenvalue weighted by Gasteiger charge is -2.03. The zero-order valence-electron chi connectivity index (χ0n) is 29.5. The van der Waals surface area contributed by atoms with Crippen molar-refractivity contribution in [1.29, 1.82) is 0 Å². The van der Waals surface area contributed by atoms with Gasteiger partial charge in [-0.2, -0.15) is 0 Å². The Morgan fingerprint density at radius 3 is 0.868 bits per heavy atom. The van der Waals surface area contributed by atoms with Gasteiger partial charge in [0.25, 0.3) is 0 Å². The topological polar surface area (TPSA) is 58.3 Å². The fourth-order valence-electron chi connectivity index (χ4n) is 2.98. The third-order valence-electron chi connectivity index (χ3n) is 4.89. The fourth-order valence-corrected chi connectivity index (χ4v) is 2.98. The third-order valence-corrected chi connectivity index (χ3v) is 4.89. The van der Waals surface area contributed by atoms with Crippen LogP contribution >= 0.6 is 0 Å². The quantitative estimate of drug-likeness (QED) is 0.149. The molecule has 0 radical (unpaired) electrons. The van der Waals surface area contributed by atoms with E-state index in [0.717, 1.165) is 25.6 Å². The van der Waals surface area contributed by atoms with Crippen molar-refractivity contribution in [1.82, 2.24) is 5.32 Å². The van der Waals surface area contributed by atoms with Gasteiger partial charge in [0, 0.05) is 6.10 Å². The monoisotopic (exact) mass is 549 g/mol. The molecule has 0 saturated heterocycles. The van der Waals surface area contributed by atoms with Gasteiger partial charge >= 0.3 is 0 Å². The Bertz CT molecular complexity index is 262. The van der Waals surface area contributed by atoms with Gasteiger partial charge in [-0.25, -0.2) is 0 Å². The smallest absolute Gasteiger partial charge is 0.0483 e. The van der Waals surface area contributed by atoms with Crippen LogP contribution in [0.15, 0.2) is 0 Å². The minimum absolute atomic E-state index is 0.167. The number of hydrogen-bond acceptors (Lipinski definition) is 3. The summed E-state index contributed by atoms with van der Waals surface area (Å²) in [6, 6.07) is 0. The summed E-state index contributed by atoms with van der Waals surface area (Å²) in [6.45, 7) is 28.4. The van der Waals surface area contributed by atoms with Crippen molar-refractivity contribution in [3.8, 4) is 0 Å². The highest BCUT2D eigenvalue weighted by Crippen LogP contribution is 2.10. The molecule has 3 heteroatoms. The van der Waals surface area contributed by atoms with Crippen molar-refractivity contribution in [2.45, 2.75) is 205 Å². The van der Waals surface area contributed by atoms with E-state index in [1.165, 1.54) is 116 Å². The number of nitrogens with one attached hydrogen (secondary N) is 1. The first kappa shape index (κ1) is 50.7. The molecule has 0 aliphatic heterocycles. The number of unbranched alkanes of at least 4 members (excludes halogenated alkanes) is 14. The van der Waals surface area contributed by atoms with Gasteiger partial charge in [0.15, 0.2) is 0 Å². The highest BCUT2D eigenvalue weighted by atomic mass is 16.3. The zero-order chi connectivity index (χ0) is 30.7. The minimum Gasteiger partial charge on any atom is -0.394 e. The second kappa shape index (κ2) is 61.1. The van der Waals surface area contributed by atoms with Crippen LogP contribution in [0.2, 0.25) is 0 Å². The summed E-state index contributed by atoms with van der Waals surface area (Å²) in [6.07, 6.45) is 25.3. The van der Waals surface area contributed by atoms with E-state index in [-0.39, 0.29) is 6.10 Å². The van der Waals surface area contributed by atoms with Crippen LogP contribution < -0.4 is 11.1 Å². The number of aliphatic hydroxyl groups is 1. The van der Waals surface area contributed by atoms with E-state index in [0.29, 0.717) is 0 Å². The Morgan fingerprint density at radius 2 is 0.711 bits per heavy atom. The van der Waals surface area contributed by atoms with E-state index in [1.54, 1.807) is 13.8 Å². The zero-order valence-corrected chi connectivity index (χ0v) is 29.5. The van der Waals surface area contributed by atoms with Crippen LogP contribution in [-0.2, 0) is 0 Å². The molecule has 0 rings (SSSR count). The second-order valence-electron chi connectivity index (χ2n) is 11.0. The highest BCUT2D eigenvalue weighted by Gasteiger charge is 1.90. The molecule has 3 nitrogen and oxygen atoms in total. The van der Waals surface area contributed by atoms with Crippen LogP contribution in [0.1, 0.15) is 199 Å². The molecule has 0 amide bonds. The molecule has 0 unspecified atom stereocenters. The molecule has 38 heavy (non-hydrogen) atoms. The Morgan fingerprint density at radius 1 is 0.500 bits per heavy atom. The lowest BCUT2D eigenvalue weighted by atomic mass is 10.1. The van der Waals surface area contributed by atoms with Gasteiger partial charge in [-0.3, -0.25) is 0 Å². The number of rotatable bonds is 18. The van der Waals surface area contributed by atoms with Crippen LogP contribution in [-0.4, -0.2) is 30.8 Å². The number of hydrogen-bond donors (Lipinski definition) is 3. The van der Waals surface area contributed by atoms with Crippen LogP contribution in [0.5, 0.6) is 0 Å². The first-order valence-electron chi connectivity index (χ1n) is 17.2. The molecule has 0 saturated carbocycles. The van der Waals surface area contributed by atoms with Crippen molar-refractivity contribution in [2.75, 3.05) is 19.6 Å². The summed E-state index contributed by atoms with van der Waals surface area (Å²) in [5, 5.41) is 11.4. The SMILES string of the molecule is CC(C)O.CCC.CCCCCCCC.CCCCCCCCCCCC.CCCNCC(C)C.CCN.